The van der Waals surface area contributed by atoms with Crippen molar-refractivity contribution in [3.8, 4) is 11.3 Å². The minimum absolute atomic E-state index is 0.311. The maximum absolute atomic E-state index is 13.1. The molecule has 0 saturated carbocycles. The Kier molecular flexibility index (Phi) is 12.6. The summed E-state index contributed by atoms with van der Waals surface area (Å²) in [4.78, 5) is 14.1. The molecule has 0 fully saturated rings. The largest absolute Gasteiger partial charge is 0.430 e. The molecule has 0 aliphatic carbocycles. The van der Waals surface area contributed by atoms with E-state index in [4.69, 9.17) is 0 Å². The van der Waals surface area contributed by atoms with Gasteiger partial charge in [0, 0.05) is 60.8 Å². The number of halogens is 6. The van der Waals surface area contributed by atoms with Crippen LogP contribution in [-0.4, -0.2) is 48.5 Å². The monoisotopic (exact) mass is 618 g/mol. The normalized spacial score (nSPS) is 13.2. The van der Waals surface area contributed by atoms with Crippen molar-refractivity contribution in [1.82, 2.24) is 4.98 Å². The lowest BCUT2D eigenvalue weighted by Gasteiger charge is -2.32. The van der Waals surface area contributed by atoms with Gasteiger partial charge in [-0.2, -0.15) is 26.3 Å². The van der Waals surface area contributed by atoms with E-state index in [1.54, 1.807) is 25.6 Å². The summed E-state index contributed by atoms with van der Waals surface area (Å²) in [7, 11) is 1.70. The van der Waals surface area contributed by atoms with E-state index in [9.17, 15) is 31.4 Å². The first-order valence-corrected chi connectivity index (χ1v) is 13.5. The number of hydrogen-bond donors (Lipinski definition) is 1. The zero-order chi connectivity index (χ0) is 33.1. The van der Waals surface area contributed by atoms with Gasteiger partial charge in [-0.25, -0.2) is 0 Å². The second kappa shape index (κ2) is 15.5. The molecule has 5 nitrogen and oxygen atoms in total. The van der Waals surface area contributed by atoms with Crippen LogP contribution in [0.3, 0.4) is 0 Å². The number of rotatable bonds is 6. The minimum Gasteiger partial charge on any atom is -0.369 e. The highest BCUT2D eigenvalue weighted by molar-refractivity contribution is 6.16. The Bertz CT molecular complexity index is 1450. The molecule has 3 aromatic rings. The van der Waals surface area contributed by atoms with Crippen LogP contribution in [0, 0.1) is 6.92 Å². The van der Waals surface area contributed by atoms with Crippen LogP contribution in [0.25, 0.3) is 11.3 Å². The quantitative estimate of drug-likeness (QED) is 0.171. The Hall–Kier alpha value is -4.25. The van der Waals surface area contributed by atoms with Gasteiger partial charge in [0.25, 0.3) is 5.60 Å². The van der Waals surface area contributed by atoms with Crippen molar-refractivity contribution >= 4 is 18.1 Å². The van der Waals surface area contributed by atoms with Gasteiger partial charge in [-0.05, 0) is 62.6 Å². The third-order valence-electron chi connectivity index (χ3n) is 6.33. The summed E-state index contributed by atoms with van der Waals surface area (Å²) < 4.78 is 78.4. The number of fused-ring (bicyclic) bond motifs is 1. The first-order valence-electron chi connectivity index (χ1n) is 13.5. The molecule has 0 bridgehead atoms. The first kappa shape index (κ1) is 35.9. The number of alkyl halides is 6. The molecule has 0 atom stereocenters. The van der Waals surface area contributed by atoms with Crippen LogP contribution in [-0.2, 0) is 18.6 Å². The van der Waals surface area contributed by atoms with E-state index in [0.29, 0.717) is 30.8 Å². The molecule has 2 heterocycles. The molecule has 236 valence electrons. The molecule has 4 rings (SSSR count). The average molecular weight is 619 g/mol. The van der Waals surface area contributed by atoms with E-state index in [1.807, 2.05) is 62.1 Å². The summed E-state index contributed by atoms with van der Waals surface area (Å²) in [6.45, 7) is 13.5. The minimum atomic E-state index is -5.90. The van der Waals surface area contributed by atoms with Gasteiger partial charge >= 0.3 is 12.4 Å². The highest BCUT2D eigenvalue weighted by Gasteiger charge is 2.71. The lowest BCUT2D eigenvalue weighted by Crippen LogP contribution is -2.53. The van der Waals surface area contributed by atoms with Crippen molar-refractivity contribution in [1.29, 1.82) is 0 Å². The molecule has 0 unspecified atom stereocenters. The van der Waals surface area contributed by atoms with E-state index < -0.39 is 23.5 Å². The first-order chi connectivity index (χ1) is 20.6. The topological polar surface area (TPSA) is 61.1 Å². The Morgan fingerprint density at radius 2 is 1.61 bits per heavy atom. The highest BCUT2D eigenvalue weighted by atomic mass is 19.4. The summed E-state index contributed by atoms with van der Waals surface area (Å²) in [6.07, 6.45) is -6.05. The number of nitrogens with zero attached hydrogens (tertiary/aromatic N) is 4. The number of anilines is 1. The second-order valence-electron chi connectivity index (χ2n) is 9.91. The van der Waals surface area contributed by atoms with Crippen LogP contribution in [0.15, 0.2) is 95.6 Å². The maximum Gasteiger partial charge on any atom is 0.430 e. The van der Waals surface area contributed by atoms with E-state index >= 15 is 0 Å². The molecule has 0 saturated heterocycles. The molecule has 1 aromatic heterocycles. The third-order valence-corrected chi connectivity index (χ3v) is 6.33. The lowest BCUT2D eigenvalue weighted by atomic mass is 9.91. The number of allylic oxidation sites excluding steroid dienone is 2. The molecule has 2 aromatic carbocycles. The molecule has 11 heteroatoms. The summed E-state index contributed by atoms with van der Waals surface area (Å²) >= 11 is 0. The predicted molar refractivity (Wildman–Crippen MR) is 165 cm³/mol. The zero-order valence-electron chi connectivity index (χ0n) is 25.0. The average Bonchev–Trinajstić information content (AvgIpc) is 3.34. The van der Waals surface area contributed by atoms with Crippen LogP contribution in [0.5, 0.6) is 0 Å². The van der Waals surface area contributed by atoms with Gasteiger partial charge in [0.2, 0.25) is 0 Å². The van der Waals surface area contributed by atoms with Crippen molar-refractivity contribution in [2.75, 3.05) is 18.5 Å². The lowest BCUT2D eigenvalue weighted by molar-refractivity contribution is -0.376. The zero-order valence-corrected chi connectivity index (χ0v) is 25.0. The fourth-order valence-electron chi connectivity index (χ4n) is 4.28. The predicted octanol–water partition coefficient (Wildman–Crippen LogP) is 8.42. The summed E-state index contributed by atoms with van der Waals surface area (Å²) in [5, 5.41) is 9.53. The van der Waals surface area contributed by atoms with E-state index in [1.165, 1.54) is 12.1 Å². The fraction of sp³-hybridized carbons (Fsp3) is 0.303. The van der Waals surface area contributed by atoms with Gasteiger partial charge in [0.1, 0.15) is 0 Å². The van der Waals surface area contributed by atoms with Gasteiger partial charge in [-0.15, -0.1) is 6.58 Å². The number of pyridine rings is 1. The maximum atomic E-state index is 13.1. The standard InChI is InChI=1S/C24H20F6N2O.C6H10N2.C3H6/c1-15-3-2-4-20(31-15)17-7-10-21-18(13-17)11-12-32(21)14-16-5-8-19(9-6-16)22(33,23(25,26)27)24(28,29)30;1-6(2)8-5-4-7-3;1-3-2/h2-10,13,33H,11-12,14H2,1H3;4-5H,1H2,2-3H3;3H,1H2,2H3. The molecule has 0 amide bonds. The summed E-state index contributed by atoms with van der Waals surface area (Å²) in [5.41, 5.74) is -0.0691. The van der Waals surface area contributed by atoms with Gasteiger partial charge in [-0.1, -0.05) is 49.1 Å². The van der Waals surface area contributed by atoms with Crippen LogP contribution in [0.2, 0.25) is 0 Å². The van der Waals surface area contributed by atoms with E-state index in [-0.39, 0.29) is 0 Å². The van der Waals surface area contributed by atoms with Crippen molar-refractivity contribution in [3.05, 3.63) is 108 Å². The third kappa shape index (κ3) is 9.12. The molecule has 0 radical (unpaired) electrons. The number of aliphatic hydroxyl groups is 1. The molecule has 0 spiro atoms. The molecular formula is C33H36F6N4O. The molecule has 1 N–H and O–H groups in total. The van der Waals surface area contributed by atoms with Crippen LogP contribution < -0.4 is 4.90 Å². The Labute approximate surface area is 254 Å². The second-order valence-corrected chi connectivity index (χ2v) is 9.91. The summed E-state index contributed by atoms with van der Waals surface area (Å²) in [5.74, 6) is 0. The Morgan fingerprint density at radius 1 is 1.00 bits per heavy atom. The fourth-order valence-corrected chi connectivity index (χ4v) is 4.28. The Morgan fingerprint density at radius 3 is 2.14 bits per heavy atom. The van der Waals surface area contributed by atoms with Gasteiger partial charge in [0.05, 0.1) is 5.69 Å². The van der Waals surface area contributed by atoms with E-state index in [2.05, 4.69) is 28.1 Å². The number of aromatic nitrogens is 1. The number of aryl methyl sites for hydroxylation is 1. The number of benzene rings is 2. The highest BCUT2D eigenvalue weighted by Crippen LogP contribution is 2.50. The molecule has 1 aliphatic heterocycles. The molecule has 44 heavy (non-hydrogen) atoms. The smallest absolute Gasteiger partial charge is 0.369 e. The van der Waals surface area contributed by atoms with Gasteiger partial charge in [0.15, 0.2) is 0 Å². The summed E-state index contributed by atoms with van der Waals surface area (Å²) in [6, 6.07) is 15.4. The van der Waals surface area contributed by atoms with Crippen LogP contribution in [0.4, 0.5) is 32.0 Å². The van der Waals surface area contributed by atoms with Crippen molar-refractivity contribution in [2.24, 2.45) is 9.98 Å². The SMILES string of the molecule is C=C(C)N=CC=NC.C=CC.Cc1cccc(-c2ccc3c(c2)CCN3Cc2ccc(C(O)(C(F)(F)F)C(F)(F)F)cc2)n1. The van der Waals surface area contributed by atoms with Crippen molar-refractivity contribution < 1.29 is 31.4 Å². The molecular weight excluding hydrogens is 582 g/mol. The van der Waals surface area contributed by atoms with Crippen molar-refractivity contribution in [2.45, 2.75) is 51.7 Å². The van der Waals surface area contributed by atoms with Crippen molar-refractivity contribution in [3.63, 3.8) is 0 Å². The van der Waals surface area contributed by atoms with Gasteiger partial charge < -0.3 is 10.0 Å². The molecule has 1 aliphatic rings. The number of aliphatic imine (C=N–C) groups is 2. The number of hydrogen-bond acceptors (Lipinski definition) is 5. The van der Waals surface area contributed by atoms with Gasteiger partial charge in [-0.3, -0.25) is 15.0 Å². The van der Waals surface area contributed by atoms with E-state index in [0.717, 1.165) is 40.3 Å². The van der Waals surface area contributed by atoms with Crippen LogP contribution >= 0.6 is 0 Å². The van der Waals surface area contributed by atoms with Crippen LogP contribution in [0.1, 0.15) is 36.2 Å². The Balaban J connectivity index is 0.000000527.